The third kappa shape index (κ3) is 2.49. The molecule has 0 unspecified atom stereocenters. The molecule has 0 spiro atoms. The number of nitrogens with zero attached hydrogens (tertiary/aromatic N) is 2. The monoisotopic (exact) mass is 279 g/mol. The van der Waals surface area contributed by atoms with Crippen LogP contribution < -0.4 is 16.6 Å². The lowest BCUT2D eigenvalue weighted by Gasteiger charge is -2.15. The second-order valence-electron chi connectivity index (χ2n) is 5.00. The minimum absolute atomic E-state index is 0.246. The molecule has 0 aromatic carbocycles. The van der Waals surface area contributed by atoms with Gasteiger partial charge in [-0.1, -0.05) is 0 Å². The molecular formula is C12H17N5OS. The van der Waals surface area contributed by atoms with Gasteiger partial charge in [0, 0.05) is 13.2 Å². The van der Waals surface area contributed by atoms with E-state index in [2.05, 4.69) is 20.7 Å². The van der Waals surface area contributed by atoms with Crippen molar-refractivity contribution in [2.45, 2.75) is 19.3 Å². The molecule has 0 atom stereocenters. The number of nitrogens with two attached hydrogens (primary N) is 1. The molecule has 1 aliphatic rings. The summed E-state index contributed by atoms with van der Waals surface area (Å²) in [5.41, 5.74) is 3.63. The number of thiophene rings is 1. The highest BCUT2D eigenvalue weighted by Crippen LogP contribution is 2.48. The van der Waals surface area contributed by atoms with E-state index in [9.17, 15) is 0 Å². The molecule has 102 valence electrons. The van der Waals surface area contributed by atoms with Crippen LogP contribution in [0.5, 0.6) is 0 Å². The number of aromatic nitrogens is 2. The fourth-order valence-electron chi connectivity index (χ4n) is 2.25. The molecule has 5 N–H and O–H groups in total. The maximum Gasteiger partial charge on any atom is 0.239 e. The van der Waals surface area contributed by atoms with Gasteiger partial charge >= 0.3 is 0 Å². The third-order valence-electron chi connectivity index (χ3n) is 3.66. The molecule has 19 heavy (non-hydrogen) atoms. The van der Waals surface area contributed by atoms with Gasteiger partial charge in [0.15, 0.2) is 0 Å². The normalized spacial score (nSPS) is 16.5. The Bertz CT molecular complexity index is 581. The molecule has 0 aliphatic heterocycles. The van der Waals surface area contributed by atoms with Crippen molar-refractivity contribution in [3.8, 4) is 0 Å². The Hall–Kier alpha value is -1.44. The van der Waals surface area contributed by atoms with Crippen molar-refractivity contribution < 1.29 is 5.11 Å². The van der Waals surface area contributed by atoms with Crippen LogP contribution in [0.2, 0.25) is 0 Å². The van der Waals surface area contributed by atoms with Gasteiger partial charge in [-0.15, -0.1) is 11.3 Å². The van der Waals surface area contributed by atoms with Crippen LogP contribution in [0.4, 0.5) is 11.8 Å². The van der Waals surface area contributed by atoms with Crippen molar-refractivity contribution in [2.24, 2.45) is 11.3 Å². The number of aliphatic hydroxyl groups excluding tert-OH is 1. The predicted molar refractivity (Wildman–Crippen MR) is 77.1 cm³/mol. The van der Waals surface area contributed by atoms with E-state index in [0.29, 0.717) is 5.95 Å². The average molecular weight is 279 g/mol. The zero-order chi connectivity index (χ0) is 13.3. The molecule has 2 aromatic heterocycles. The molecule has 0 bridgehead atoms. The molecule has 2 aromatic rings. The van der Waals surface area contributed by atoms with Gasteiger partial charge in [-0.2, -0.15) is 4.98 Å². The molecule has 2 heterocycles. The van der Waals surface area contributed by atoms with Crippen LogP contribution in [0.3, 0.4) is 0 Å². The number of nitrogens with one attached hydrogen (secondary N) is 2. The minimum atomic E-state index is 0.246. The fraction of sp³-hybridized carbons (Fsp3) is 0.500. The topological polar surface area (TPSA) is 96.1 Å². The van der Waals surface area contributed by atoms with Crippen molar-refractivity contribution in [2.75, 3.05) is 23.9 Å². The summed E-state index contributed by atoms with van der Waals surface area (Å²) < 4.78 is 1.04. The molecular weight excluding hydrogens is 262 g/mol. The lowest BCUT2D eigenvalue weighted by molar-refractivity contribution is 0.253. The van der Waals surface area contributed by atoms with Crippen LogP contribution in [0.25, 0.3) is 10.2 Å². The Morgan fingerprint density at radius 3 is 2.95 bits per heavy atom. The molecule has 6 nitrogen and oxygen atoms in total. The first-order chi connectivity index (χ1) is 9.26. The van der Waals surface area contributed by atoms with E-state index in [-0.39, 0.29) is 12.0 Å². The number of hydrogen-bond acceptors (Lipinski definition) is 7. The van der Waals surface area contributed by atoms with Gasteiger partial charge in [-0.05, 0) is 36.1 Å². The van der Waals surface area contributed by atoms with Gasteiger partial charge in [-0.3, -0.25) is 5.43 Å². The summed E-state index contributed by atoms with van der Waals surface area (Å²) in [7, 11) is 0. The van der Waals surface area contributed by atoms with Gasteiger partial charge in [0.05, 0.1) is 10.2 Å². The first-order valence-corrected chi connectivity index (χ1v) is 7.21. The van der Waals surface area contributed by atoms with Crippen LogP contribution >= 0.6 is 11.3 Å². The maximum atomic E-state index is 9.08. The number of hydrazine groups is 1. The molecule has 1 aliphatic carbocycles. The second-order valence-corrected chi connectivity index (χ2v) is 5.92. The van der Waals surface area contributed by atoms with Crippen LogP contribution in [-0.4, -0.2) is 28.2 Å². The summed E-state index contributed by atoms with van der Waals surface area (Å²) in [6.07, 6.45) is 3.18. The summed E-state index contributed by atoms with van der Waals surface area (Å²) in [6, 6.07) is 1.95. The number of fused-ring (bicyclic) bond motifs is 1. The second kappa shape index (κ2) is 4.92. The first-order valence-electron chi connectivity index (χ1n) is 6.33. The Morgan fingerprint density at radius 1 is 1.42 bits per heavy atom. The van der Waals surface area contributed by atoms with Crippen molar-refractivity contribution in [3.05, 3.63) is 11.4 Å². The number of aliphatic hydroxyl groups is 1. The van der Waals surface area contributed by atoms with Crippen molar-refractivity contribution in [3.63, 3.8) is 0 Å². The smallest absolute Gasteiger partial charge is 0.239 e. The van der Waals surface area contributed by atoms with E-state index in [1.54, 1.807) is 11.3 Å². The molecule has 0 amide bonds. The summed E-state index contributed by atoms with van der Waals surface area (Å²) in [5.74, 6) is 6.62. The zero-order valence-corrected chi connectivity index (χ0v) is 11.3. The van der Waals surface area contributed by atoms with Gasteiger partial charge in [-0.25, -0.2) is 10.8 Å². The van der Waals surface area contributed by atoms with E-state index in [0.717, 1.165) is 29.0 Å². The van der Waals surface area contributed by atoms with E-state index in [1.807, 2.05) is 11.4 Å². The highest BCUT2D eigenvalue weighted by molar-refractivity contribution is 7.17. The van der Waals surface area contributed by atoms with Crippen LogP contribution in [-0.2, 0) is 0 Å². The Balaban J connectivity index is 1.81. The quantitative estimate of drug-likeness (QED) is 0.473. The number of hydrogen-bond donors (Lipinski definition) is 4. The molecule has 1 fully saturated rings. The zero-order valence-electron chi connectivity index (χ0n) is 10.5. The Labute approximate surface area is 115 Å². The first kappa shape index (κ1) is 12.6. The van der Waals surface area contributed by atoms with Crippen LogP contribution in [0, 0.1) is 5.41 Å². The minimum Gasteiger partial charge on any atom is -0.396 e. The largest absolute Gasteiger partial charge is 0.396 e. The van der Waals surface area contributed by atoms with E-state index >= 15 is 0 Å². The summed E-state index contributed by atoms with van der Waals surface area (Å²) in [6.45, 7) is 1.08. The van der Waals surface area contributed by atoms with Crippen LogP contribution in [0.15, 0.2) is 11.4 Å². The molecule has 0 radical (unpaired) electrons. The van der Waals surface area contributed by atoms with Crippen molar-refractivity contribution in [1.82, 2.24) is 9.97 Å². The highest BCUT2D eigenvalue weighted by Gasteiger charge is 2.41. The Morgan fingerprint density at radius 2 is 2.26 bits per heavy atom. The van der Waals surface area contributed by atoms with E-state index in [4.69, 9.17) is 10.9 Å². The van der Waals surface area contributed by atoms with Gasteiger partial charge in [0.25, 0.3) is 0 Å². The van der Waals surface area contributed by atoms with Crippen LogP contribution in [0.1, 0.15) is 19.3 Å². The SMILES string of the molecule is NNc1nc(NCC2(CCO)CC2)c2sccc2n1. The molecule has 7 heteroatoms. The van der Waals surface area contributed by atoms with Gasteiger partial charge in [0.1, 0.15) is 5.82 Å². The highest BCUT2D eigenvalue weighted by atomic mass is 32.1. The van der Waals surface area contributed by atoms with E-state index < -0.39 is 0 Å². The summed E-state index contributed by atoms with van der Waals surface area (Å²) in [4.78, 5) is 8.67. The van der Waals surface area contributed by atoms with Gasteiger partial charge < -0.3 is 10.4 Å². The lowest BCUT2D eigenvalue weighted by Crippen LogP contribution is -2.18. The molecule has 0 saturated heterocycles. The molecule has 1 saturated carbocycles. The average Bonchev–Trinajstić information content (AvgIpc) is 3.02. The van der Waals surface area contributed by atoms with E-state index in [1.165, 1.54) is 12.8 Å². The maximum absolute atomic E-state index is 9.08. The number of anilines is 2. The van der Waals surface area contributed by atoms with Crippen molar-refractivity contribution >= 4 is 33.3 Å². The predicted octanol–water partition coefficient (Wildman–Crippen LogP) is 1.55. The van der Waals surface area contributed by atoms with Gasteiger partial charge in [0.2, 0.25) is 5.95 Å². The number of nitrogen functional groups attached to an aromatic ring is 1. The van der Waals surface area contributed by atoms with Crippen molar-refractivity contribution in [1.29, 1.82) is 0 Å². The lowest BCUT2D eigenvalue weighted by atomic mass is 10.0. The Kier molecular flexibility index (Phi) is 3.26. The third-order valence-corrected chi connectivity index (χ3v) is 4.57. The summed E-state index contributed by atoms with van der Waals surface area (Å²) in [5, 5.41) is 14.5. The molecule has 3 rings (SSSR count). The summed E-state index contributed by atoms with van der Waals surface area (Å²) >= 11 is 1.61. The number of rotatable bonds is 6. The fourth-order valence-corrected chi connectivity index (χ4v) is 3.05. The standard InChI is InChI=1S/C12H17N5OS/c13-17-11-15-8-1-6-19-9(8)10(16-11)14-7-12(2-3-12)4-5-18/h1,6,18H,2-5,7,13H2,(H2,14,15,16,17).